The molecule has 43 heavy (non-hydrogen) atoms. The average molecular weight is 587 g/mol. The van der Waals surface area contributed by atoms with Crippen LogP contribution in [-0.2, 0) is 19.1 Å². The number of nitro benzene ring substituents is 1. The number of ether oxygens (including phenoxy) is 2. The maximum Gasteiger partial charge on any atom is 0.339 e. The van der Waals surface area contributed by atoms with E-state index in [2.05, 4.69) is 34.5 Å². The van der Waals surface area contributed by atoms with Crippen LogP contribution < -0.4 is 11.1 Å². The summed E-state index contributed by atoms with van der Waals surface area (Å²) in [5, 5.41) is 14.4. The summed E-state index contributed by atoms with van der Waals surface area (Å²) in [7, 11) is 0. The van der Waals surface area contributed by atoms with Crippen molar-refractivity contribution in [2.45, 2.75) is 31.9 Å². The summed E-state index contributed by atoms with van der Waals surface area (Å²) in [5.74, 6) is -2.36. The molecule has 2 heterocycles. The zero-order valence-electron chi connectivity index (χ0n) is 23.9. The summed E-state index contributed by atoms with van der Waals surface area (Å²) in [6.07, 6.45) is -0.420. The van der Waals surface area contributed by atoms with E-state index in [1.807, 2.05) is 36.4 Å². The number of benzene rings is 3. The van der Waals surface area contributed by atoms with Crippen LogP contribution >= 0.6 is 0 Å². The predicted octanol–water partition coefficient (Wildman–Crippen LogP) is 3.48. The number of rotatable bonds is 9. The molecule has 3 aromatic carbocycles. The van der Waals surface area contributed by atoms with Gasteiger partial charge in [0.25, 0.3) is 5.69 Å². The van der Waals surface area contributed by atoms with Crippen LogP contribution in [0.1, 0.15) is 42.5 Å². The summed E-state index contributed by atoms with van der Waals surface area (Å²) in [6, 6.07) is 26.0. The first kappa shape index (κ1) is 30.9. The van der Waals surface area contributed by atoms with Gasteiger partial charge in [-0.25, -0.2) is 9.59 Å². The number of carbonyl (C=O) groups is 2. The maximum atomic E-state index is 13.7. The Morgan fingerprint density at radius 3 is 2.14 bits per heavy atom. The van der Waals surface area contributed by atoms with Crippen molar-refractivity contribution in [3.05, 3.63) is 134 Å². The molecule has 224 valence electrons. The third-order valence-electron chi connectivity index (χ3n) is 7.47. The molecule has 1 atom stereocenters. The minimum Gasteiger partial charge on any atom is -0.463 e. The van der Waals surface area contributed by atoms with Crippen LogP contribution in [0.25, 0.3) is 0 Å². The number of nitrogens with two attached hydrogens (primary N) is 1. The van der Waals surface area contributed by atoms with Gasteiger partial charge >= 0.3 is 11.9 Å². The molecule has 0 radical (unpaired) electrons. The van der Waals surface area contributed by atoms with Crippen molar-refractivity contribution in [1.29, 1.82) is 0 Å². The predicted molar refractivity (Wildman–Crippen MR) is 159 cm³/mol. The van der Waals surface area contributed by atoms with E-state index in [1.165, 1.54) is 18.2 Å². The molecule has 2 aliphatic heterocycles. The van der Waals surface area contributed by atoms with E-state index in [-0.39, 0.29) is 40.8 Å². The van der Waals surface area contributed by atoms with E-state index in [1.54, 1.807) is 19.9 Å². The lowest BCUT2D eigenvalue weighted by Gasteiger charge is -2.44. The number of likely N-dealkylation sites (tertiary alicyclic amines) is 1. The first-order valence-corrected chi connectivity index (χ1v) is 13.7. The summed E-state index contributed by atoms with van der Waals surface area (Å²) < 4.78 is 11.2. The number of dihydropyridines is 1. The molecule has 0 spiro atoms. The van der Waals surface area contributed by atoms with Gasteiger partial charge in [-0.3, -0.25) is 15.0 Å². The van der Waals surface area contributed by atoms with Crippen molar-refractivity contribution in [3.63, 3.8) is 0 Å². The zero-order valence-corrected chi connectivity index (χ0v) is 23.9. The molecule has 0 amide bonds. The lowest BCUT2D eigenvalue weighted by atomic mass is 9.81. The van der Waals surface area contributed by atoms with E-state index in [0.29, 0.717) is 24.4 Å². The van der Waals surface area contributed by atoms with Crippen LogP contribution in [0.3, 0.4) is 0 Å². The van der Waals surface area contributed by atoms with E-state index in [9.17, 15) is 19.7 Å². The van der Waals surface area contributed by atoms with Crippen molar-refractivity contribution < 1.29 is 29.5 Å². The summed E-state index contributed by atoms with van der Waals surface area (Å²) >= 11 is 0. The Bertz CT molecular complexity index is 1510. The molecule has 1 saturated heterocycles. The van der Waals surface area contributed by atoms with Gasteiger partial charge in [-0.15, -0.1) is 0 Å². The Labute approximate surface area is 249 Å². The number of nitrogens with one attached hydrogen (secondary N) is 1. The molecule has 5 N–H and O–H groups in total. The molecular weight excluding hydrogens is 552 g/mol. The van der Waals surface area contributed by atoms with Gasteiger partial charge in [0.05, 0.1) is 34.6 Å². The Balaban J connectivity index is 0.00000423. The Kier molecular flexibility index (Phi) is 9.59. The average Bonchev–Trinajstić information content (AvgIpc) is 2.96. The number of hydrogen-bond acceptors (Lipinski definition) is 9. The number of nitro groups is 1. The molecule has 3 aromatic rings. The van der Waals surface area contributed by atoms with Gasteiger partial charge in [-0.1, -0.05) is 72.8 Å². The summed E-state index contributed by atoms with van der Waals surface area (Å²) in [4.78, 5) is 40.1. The minimum absolute atomic E-state index is 0. The van der Waals surface area contributed by atoms with Crippen molar-refractivity contribution in [3.8, 4) is 0 Å². The van der Waals surface area contributed by atoms with Crippen LogP contribution in [0.2, 0.25) is 0 Å². The highest BCUT2D eigenvalue weighted by Crippen LogP contribution is 2.40. The van der Waals surface area contributed by atoms with Crippen molar-refractivity contribution >= 4 is 17.6 Å². The number of carbonyl (C=O) groups excluding carboxylic acids is 2. The standard InChI is InChI=1S/C32H32N4O6.H2O/c1-3-41-31(37)26-20(2)34-30(33)28(27(26)23-15-10-16-24(17-23)36(39)40)32(38)42-25-18-35(19-25)29(21-11-6-4-7-12-21)22-13-8-5-9-14-22;/h4-17,25,27,29,34H,3,18-19,33H2,1-2H3;1H2. The molecule has 0 aliphatic carbocycles. The van der Waals surface area contributed by atoms with Gasteiger partial charge in [0.2, 0.25) is 0 Å². The van der Waals surface area contributed by atoms with Crippen LogP contribution in [-0.4, -0.2) is 53.0 Å². The number of nitrogens with zero attached hydrogens (tertiary/aromatic N) is 2. The quantitative estimate of drug-likeness (QED) is 0.217. The van der Waals surface area contributed by atoms with Gasteiger partial charge in [0.1, 0.15) is 11.9 Å². The van der Waals surface area contributed by atoms with Crippen LogP contribution in [0, 0.1) is 10.1 Å². The van der Waals surface area contributed by atoms with Crippen LogP contribution in [0.15, 0.2) is 108 Å². The highest BCUT2D eigenvalue weighted by molar-refractivity contribution is 6.00. The Morgan fingerprint density at radius 2 is 1.58 bits per heavy atom. The smallest absolute Gasteiger partial charge is 0.339 e. The highest BCUT2D eigenvalue weighted by atomic mass is 16.6. The fourth-order valence-electron chi connectivity index (χ4n) is 5.57. The second kappa shape index (κ2) is 13.3. The molecule has 1 fully saturated rings. The SMILES string of the molecule is CCOC(=O)C1=C(C)NC(N)=C(C(=O)OC2CN(C(c3ccccc3)c3ccccc3)C2)C1c1cccc([N+](=O)[O-])c1.O. The number of esters is 2. The van der Waals surface area contributed by atoms with Gasteiger partial charge in [0.15, 0.2) is 0 Å². The molecule has 1 unspecified atom stereocenters. The maximum absolute atomic E-state index is 13.7. The molecule has 2 aliphatic rings. The summed E-state index contributed by atoms with van der Waals surface area (Å²) in [5.41, 5.74) is 9.30. The molecular formula is C32H34N4O7. The topological polar surface area (TPSA) is 169 Å². The highest BCUT2D eigenvalue weighted by Gasteiger charge is 2.42. The fourth-order valence-corrected chi connectivity index (χ4v) is 5.57. The molecule has 0 bridgehead atoms. The monoisotopic (exact) mass is 586 g/mol. The minimum atomic E-state index is -1.02. The normalized spacial score (nSPS) is 17.0. The zero-order chi connectivity index (χ0) is 29.8. The first-order valence-electron chi connectivity index (χ1n) is 13.7. The van der Waals surface area contributed by atoms with E-state index in [0.717, 1.165) is 11.1 Å². The van der Waals surface area contributed by atoms with Gasteiger partial charge in [-0.05, 0) is 30.5 Å². The molecule has 0 aromatic heterocycles. The fraction of sp³-hybridized carbons (Fsp3) is 0.250. The van der Waals surface area contributed by atoms with Gasteiger partial charge in [-0.2, -0.15) is 0 Å². The van der Waals surface area contributed by atoms with Crippen LogP contribution in [0.5, 0.6) is 0 Å². The van der Waals surface area contributed by atoms with Crippen molar-refractivity contribution in [2.75, 3.05) is 19.7 Å². The van der Waals surface area contributed by atoms with Gasteiger partial charge in [0, 0.05) is 30.9 Å². The lowest BCUT2D eigenvalue weighted by Crippen LogP contribution is -2.54. The third kappa shape index (κ3) is 6.42. The van der Waals surface area contributed by atoms with Gasteiger partial charge < -0.3 is 26.0 Å². The number of hydrogen-bond donors (Lipinski definition) is 2. The van der Waals surface area contributed by atoms with Crippen LogP contribution in [0.4, 0.5) is 5.69 Å². The van der Waals surface area contributed by atoms with E-state index >= 15 is 0 Å². The molecule has 0 saturated carbocycles. The number of allylic oxidation sites excluding steroid dienone is 1. The molecule has 5 rings (SSSR count). The molecule has 11 nitrogen and oxygen atoms in total. The largest absolute Gasteiger partial charge is 0.463 e. The second-order valence-electron chi connectivity index (χ2n) is 10.2. The Morgan fingerprint density at radius 1 is 0.977 bits per heavy atom. The second-order valence-corrected chi connectivity index (χ2v) is 10.2. The number of non-ortho nitro benzene ring substituents is 1. The third-order valence-corrected chi connectivity index (χ3v) is 7.47. The van der Waals surface area contributed by atoms with E-state index in [4.69, 9.17) is 15.2 Å². The summed E-state index contributed by atoms with van der Waals surface area (Å²) in [6.45, 7) is 4.40. The molecule has 11 heteroatoms. The Hall–Kier alpha value is -5.00. The van der Waals surface area contributed by atoms with Crippen molar-refractivity contribution in [1.82, 2.24) is 10.2 Å². The first-order chi connectivity index (χ1) is 20.3. The van der Waals surface area contributed by atoms with Crippen molar-refractivity contribution in [2.24, 2.45) is 5.73 Å². The lowest BCUT2D eigenvalue weighted by molar-refractivity contribution is -0.384. The van der Waals surface area contributed by atoms with E-state index < -0.39 is 28.9 Å².